The molecule has 1 heterocycles. The number of cyclic esters (lactones) is 2. The van der Waals surface area contributed by atoms with Crippen LogP contribution in [0.3, 0.4) is 0 Å². The van der Waals surface area contributed by atoms with Crippen molar-refractivity contribution in [1.82, 2.24) is 16.0 Å². The molecule has 1 aliphatic heterocycles. The smallest absolute Gasteiger partial charge is 0.329 e. The van der Waals surface area contributed by atoms with Crippen LogP contribution in [0, 0.1) is 17.8 Å². The van der Waals surface area contributed by atoms with Crippen LogP contribution in [0.15, 0.2) is 30.3 Å². The van der Waals surface area contributed by atoms with Crippen molar-refractivity contribution in [2.24, 2.45) is 17.8 Å². The van der Waals surface area contributed by atoms with Crippen LogP contribution in [0.1, 0.15) is 59.9 Å². The SMILES string of the molecule is CC[C@H](C)[C@@H]1NC(=O)[C@H](Cc2ccccc2)OC(=O)C(C(C)C)NC(=O)[C@H](C(C)C)OC(=O)CCNC1=O. The van der Waals surface area contributed by atoms with E-state index < -0.39 is 54.0 Å². The highest BCUT2D eigenvalue weighted by molar-refractivity contribution is 5.93. The van der Waals surface area contributed by atoms with Gasteiger partial charge in [0.2, 0.25) is 5.91 Å². The Morgan fingerprint density at radius 1 is 0.816 bits per heavy atom. The van der Waals surface area contributed by atoms with Gasteiger partial charge >= 0.3 is 11.9 Å². The quantitative estimate of drug-likeness (QED) is 0.476. The summed E-state index contributed by atoms with van der Waals surface area (Å²) in [5.41, 5.74) is 0.760. The van der Waals surface area contributed by atoms with Crippen molar-refractivity contribution in [3.05, 3.63) is 35.9 Å². The van der Waals surface area contributed by atoms with Crippen LogP contribution in [-0.2, 0) is 39.9 Å². The molecular weight excluding hydrogens is 490 g/mol. The second kappa shape index (κ2) is 14.5. The van der Waals surface area contributed by atoms with Gasteiger partial charge in [-0.3, -0.25) is 19.2 Å². The largest absolute Gasteiger partial charge is 0.452 e. The molecule has 3 amide bonds. The average Bonchev–Trinajstić information content (AvgIpc) is 2.87. The molecule has 210 valence electrons. The highest BCUT2D eigenvalue weighted by atomic mass is 16.6. The summed E-state index contributed by atoms with van der Waals surface area (Å²) in [6, 6.07) is 7.08. The van der Waals surface area contributed by atoms with E-state index in [9.17, 15) is 24.0 Å². The Bertz CT molecular complexity index is 980. The van der Waals surface area contributed by atoms with Crippen LogP contribution < -0.4 is 16.0 Å². The van der Waals surface area contributed by atoms with Gasteiger partial charge in [-0.15, -0.1) is 0 Å². The highest BCUT2D eigenvalue weighted by Gasteiger charge is 2.36. The van der Waals surface area contributed by atoms with Gasteiger partial charge in [0, 0.05) is 13.0 Å². The Morgan fingerprint density at radius 2 is 1.45 bits per heavy atom. The first-order valence-electron chi connectivity index (χ1n) is 13.3. The van der Waals surface area contributed by atoms with Crippen molar-refractivity contribution >= 4 is 29.7 Å². The normalized spacial score (nSPS) is 25.2. The zero-order valence-corrected chi connectivity index (χ0v) is 23.1. The molecule has 3 N–H and O–H groups in total. The summed E-state index contributed by atoms with van der Waals surface area (Å²) in [7, 11) is 0. The Morgan fingerprint density at radius 3 is 2.03 bits per heavy atom. The number of ether oxygens (including phenoxy) is 2. The number of carbonyl (C=O) groups excluding carboxylic acids is 5. The Balaban J connectivity index is 2.46. The zero-order chi connectivity index (χ0) is 28.4. The minimum absolute atomic E-state index is 0.0239. The molecule has 1 aromatic carbocycles. The highest BCUT2D eigenvalue weighted by Crippen LogP contribution is 2.16. The summed E-state index contributed by atoms with van der Waals surface area (Å²) < 4.78 is 11.1. The van der Waals surface area contributed by atoms with Crippen molar-refractivity contribution in [3.63, 3.8) is 0 Å². The third kappa shape index (κ3) is 8.85. The Kier molecular flexibility index (Phi) is 11.7. The van der Waals surface area contributed by atoms with E-state index in [4.69, 9.17) is 9.47 Å². The van der Waals surface area contributed by atoms with Crippen LogP contribution >= 0.6 is 0 Å². The number of carbonyl (C=O) groups is 5. The van der Waals surface area contributed by atoms with Crippen molar-refractivity contribution in [2.75, 3.05) is 6.54 Å². The fraction of sp³-hybridized carbons (Fsp3) is 0.607. The molecule has 5 atom stereocenters. The minimum Gasteiger partial charge on any atom is -0.452 e. The number of rotatable bonds is 6. The lowest BCUT2D eigenvalue weighted by Gasteiger charge is -2.29. The fourth-order valence-corrected chi connectivity index (χ4v) is 4.00. The molecule has 1 aliphatic rings. The zero-order valence-electron chi connectivity index (χ0n) is 23.1. The molecular formula is C28H41N3O7. The number of esters is 2. The van der Waals surface area contributed by atoms with Gasteiger partial charge in [0.25, 0.3) is 11.8 Å². The van der Waals surface area contributed by atoms with Crippen molar-refractivity contribution in [1.29, 1.82) is 0 Å². The van der Waals surface area contributed by atoms with Gasteiger partial charge in [-0.1, -0.05) is 78.3 Å². The summed E-state index contributed by atoms with van der Waals surface area (Å²) >= 11 is 0. The van der Waals surface area contributed by atoms with Gasteiger partial charge < -0.3 is 25.4 Å². The molecule has 0 aromatic heterocycles. The van der Waals surface area contributed by atoms with Gasteiger partial charge in [0.1, 0.15) is 12.1 Å². The summed E-state index contributed by atoms with van der Waals surface area (Å²) in [5, 5.41) is 8.06. The molecule has 0 spiro atoms. The first kappa shape index (κ1) is 30.8. The van der Waals surface area contributed by atoms with Gasteiger partial charge in [-0.05, 0) is 23.3 Å². The van der Waals surface area contributed by atoms with E-state index in [-0.39, 0.29) is 37.1 Å². The average molecular weight is 532 g/mol. The predicted octanol–water partition coefficient (Wildman–Crippen LogP) is 1.90. The lowest BCUT2D eigenvalue weighted by molar-refractivity contribution is -0.163. The maximum absolute atomic E-state index is 13.4. The van der Waals surface area contributed by atoms with Crippen molar-refractivity contribution in [3.8, 4) is 0 Å². The number of hydrogen-bond donors (Lipinski definition) is 3. The van der Waals surface area contributed by atoms with Gasteiger partial charge in [0.15, 0.2) is 12.2 Å². The van der Waals surface area contributed by atoms with Gasteiger partial charge in [0.05, 0.1) is 6.42 Å². The van der Waals surface area contributed by atoms with Gasteiger partial charge in [-0.2, -0.15) is 0 Å². The lowest BCUT2D eigenvalue weighted by atomic mass is 9.97. The first-order chi connectivity index (χ1) is 17.9. The molecule has 0 radical (unpaired) electrons. The van der Waals surface area contributed by atoms with Crippen LogP contribution in [0.5, 0.6) is 0 Å². The summed E-state index contributed by atoms with van der Waals surface area (Å²) in [4.78, 5) is 65.3. The van der Waals surface area contributed by atoms with E-state index in [2.05, 4.69) is 16.0 Å². The standard InChI is InChI=1S/C28H41N3O7/c1-7-18(6)23-26(34)29-14-13-21(32)38-24(17(4)5)27(35)30-22(16(2)3)28(36)37-20(25(33)31-23)15-19-11-9-8-10-12-19/h8-12,16-18,20,22-24H,7,13-15H2,1-6H3,(H,29,34)(H,30,35)(H,31,33)/t18-,20-,22?,23-,24-/m0/s1. The Labute approximate surface area is 224 Å². The molecule has 1 aromatic rings. The van der Waals surface area contributed by atoms with E-state index in [0.717, 1.165) is 5.56 Å². The molecule has 0 bridgehead atoms. The number of amides is 3. The molecule has 1 fully saturated rings. The predicted molar refractivity (Wildman–Crippen MR) is 141 cm³/mol. The number of hydrogen-bond acceptors (Lipinski definition) is 7. The van der Waals surface area contributed by atoms with E-state index >= 15 is 0 Å². The maximum Gasteiger partial charge on any atom is 0.329 e. The summed E-state index contributed by atoms with van der Waals surface area (Å²) in [5.74, 6) is -4.17. The fourth-order valence-electron chi connectivity index (χ4n) is 4.00. The Hall–Kier alpha value is -3.43. The van der Waals surface area contributed by atoms with E-state index in [1.54, 1.807) is 27.7 Å². The molecule has 10 heteroatoms. The van der Waals surface area contributed by atoms with Crippen molar-refractivity contribution in [2.45, 2.75) is 85.1 Å². The monoisotopic (exact) mass is 531 g/mol. The maximum atomic E-state index is 13.4. The third-order valence-corrected chi connectivity index (χ3v) is 6.58. The molecule has 0 aliphatic carbocycles. The van der Waals surface area contributed by atoms with E-state index in [0.29, 0.717) is 6.42 Å². The topological polar surface area (TPSA) is 140 Å². The minimum atomic E-state index is -1.24. The third-order valence-electron chi connectivity index (χ3n) is 6.58. The molecule has 38 heavy (non-hydrogen) atoms. The van der Waals surface area contributed by atoms with E-state index in [1.807, 2.05) is 44.2 Å². The molecule has 10 nitrogen and oxygen atoms in total. The second-order valence-electron chi connectivity index (χ2n) is 10.4. The summed E-state index contributed by atoms with van der Waals surface area (Å²) in [6.07, 6.45) is -1.86. The molecule has 1 unspecified atom stereocenters. The van der Waals surface area contributed by atoms with E-state index in [1.165, 1.54) is 0 Å². The molecule has 0 saturated carbocycles. The number of benzene rings is 1. The molecule has 2 rings (SSSR count). The van der Waals surface area contributed by atoms with Gasteiger partial charge in [-0.25, -0.2) is 4.79 Å². The van der Waals surface area contributed by atoms with Crippen LogP contribution in [0.25, 0.3) is 0 Å². The van der Waals surface area contributed by atoms with Crippen LogP contribution in [0.4, 0.5) is 0 Å². The lowest BCUT2D eigenvalue weighted by Crippen LogP contribution is -2.56. The van der Waals surface area contributed by atoms with Crippen molar-refractivity contribution < 1.29 is 33.4 Å². The molecule has 1 saturated heterocycles. The summed E-state index contributed by atoms with van der Waals surface area (Å²) in [6.45, 7) is 10.6. The van der Waals surface area contributed by atoms with Crippen LogP contribution in [0.2, 0.25) is 0 Å². The first-order valence-corrected chi connectivity index (χ1v) is 13.3. The van der Waals surface area contributed by atoms with Crippen LogP contribution in [-0.4, -0.2) is 60.5 Å². The second-order valence-corrected chi connectivity index (χ2v) is 10.4. The number of nitrogens with one attached hydrogen (secondary N) is 3.